The van der Waals surface area contributed by atoms with Crippen molar-refractivity contribution in [1.29, 1.82) is 0 Å². The van der Waals surface area contributed by atoms with E-state index in [-0.39, 0.29) is 11.9 Å². The number of hydrogen-bond donors (Lipinski definition) is 1. The van der Waals surface area contributed by atoms with Gasteiger partial charge in [0.15, 0.2) is 0 Å². The van der Waals surface area contributed by atoms with Gasteiger partial charge in [-0.25, -0.2) is 9.97 Å². The molecular formula is C17H24N6O. The maximum absolute atomic E-state index is 12.3. The van der Waals surface area contributed by atoms with E-state index in [9.17, 15) is 4.79 Å². The average Bonchev–Trinajstić information content (AvgIpc) is 2.87. The van der Waals surface area contributed by atoms with Gasteiger partial charge in [0.1, 0.15) is 17.3 Å². The molecule has 2 aromatic heterocycles. The zero-order chi connectivity index (χ0) is 17.3. The molecule has 0 spiro atoms. The Kier molecular flexibility index (Phi) is 4.51. The smallest absolute Gasteiger partial charge is 0.272 e. The molecule has 1 amide bonds. The molecule has 0 bridgehead atoms. The van der Waals surface area contributed by atoms with Gasteiger partial charge in [0.05, 0.1) is 0 Å². The van der Waals surface area contributed by atoms with Gasteiger partial charge in [-0.1, -0.05) is 0 Å². The highest BCUT2D eigenvalue weighted by atomic mass is 16.2. The summed E-state index contributed by atoms with van der Waals surface area (Å²) in [5.41, 5.74) is 2.45. The Morgan fingerprint density at radius 2 is 1.88 bits per heavy atom. The van der Waals surface area contributed by atoms with E-state index in [1.165, 1.54) is 0 Å². The highest BCUT2D eigenvalue weighted by Gasteiger charge is 2.23. The van der Waals surface area contributed by atoms with Gasteiger partial charge in [-0.2, -0.15) is 5.10 Å². The topological polar surface area (TPSA) is 75.9 Å². The molecule has 0 atom stereocenters. The number of anilines is 1. The van der Waals surface area contributed by atoms with Crippen LogP contribution in [0.2, 0.25) is 0 Å². The molecule has 1 fully saturated rings. The van der Waals surface area contributed by atoms with Crippen LogP contribution in [0.4, 0.5) is 5.82 Å². The third-order valence-electron chi connectivity index (χ3n) is 4.45. The van der Waals surface area contributed by atoms with Crippen LogP contribution in [0.1, 0.15) is 40.5 Å². The number of aromatic nitrogens is 4. The summed E-state index contributed by atoms with van der Waals surface area (Å²) in [6.45, 7) is 7.59. The number of aryl methyl sites for hydroxylation is 4. The molecule has 0 radical (unpaired) electrons. The molecule has 3 heterocycles. The summed E-state index contributed by atoms with van der Waals surface area (Å²) in [4.78, 5) is 23.4. The highest BCUT2D eigenvalue weighted by molar-refractivity contribution is 5.92. The van der Waals surface area contributed by atoms with Crippen molar-refractivity contribution in [2.24, 2.45) is 7.05 Å². The summed E-state index contributed by atoms with van der Waals surface area (Å²) < 4.78 is 1.72. The minimum Gasteiger partial charge on any atom is -0.356 e. The van der Waals surface area contributed by atoms with Gasteiger partial charge < -0.3 is 10.2 Å². The standard InChI is InChI=1S/C17H24N6O/c1-11-9-16(19-13(3)18-11)23-7-5-14(6-8-23)20-17(24)15-10-12(2)22(4)21-15/h9-10,14H,5-8H2,1-4H3,(H,20,24). The first-order valence-corrected chi connectivity index (χ1v) is 8.31. The van der Waals surface area contributed by atoms with E-state index in [0.29, 0.717) is 5.69 Å². The van der Waals surface area contributed by atoms with Crippen molar-refractivity contribution in [1.82, 2.24) is 25.1 Å². The highest BCUT2D eigenvalue weighted by Crippen LogP contribution is 2.19. The number of carbonyl (C=O) groups excluding carboxylic acids is 1. The largest absolute Gasteiger partial charge is 0.356 e. The van der Waals surface area contributed by atoms with Gasteiger partial charge in [0, 0.05) is 43.6 Å². The Hall–Kier alpha value is -2.44. The fraction of sp³-hybridized carbons (Fsp3) is 0.529. The van der Waals surface area contributed by atoms with E-state index >= 15 is 0 Å². The summed E-state index contributed by atoms with van der Waals surface area (Å²) in [6.07, 6.45) is 1.80. The number of rotatable bonds is 3. The third kappa shape index (κ3) is 3.55. The van der Waals surface area contributed by atoms with Crippen LogP contribution in [0, 0.1) is 20.8 Å². The van der Waals surface area contributed by atoms with E-state index < -0.39 is 0 Å². The van der Waals surface area contributed by atoms with Crippen molar-refractivity contribution in [2.75, 3.05) is 18.0 Å². The molecule has 1 N–H and O–H groups in total. The van der Waals surface area contributed by atoms with E-state index in [0.717, 1.165) is 49.0 Å². The summed E-state index contributed by atoms with van der Waals surface area (Å²) in [7, 11) is 1.84. The maximum Gasteiger partial charge on any atom is 0.272 e. The number of nitrogens with zero attached hydrogens (tertiary/aromatic N) is 5. The molecule has 1 saturated heterocycles. The van der Waals surface area contributed by atoms with E-state index in [2.05, 4.69) is 25.3 Å². The first kappa shape index (κ1) is 16.4. The second-order valence-corrected chi connectivity index (χ2v) is 6.44. The van der Waals surface area contributed by atoms with Crippen LogP contribution < -0.4 is 10.2 Å². The Morgan fingerprint density at radius 3 is 2.46 bits per heavy atom. The molecule has 0 unspecified atom stereocenters. The van der Waals surface area contributed by atoms with Crippen molar-refractivity contribution in [3.05, 3.63) is 35.0 Å². The zero-order valence-electron chi connectivity index (χ0n) is 14.7. The minimum atomic E-state index is -0.0918. The van der Waals surface area contributed by atoms with E-state index in [1.54, 1.807) is 4.68 Å². The van der Waals surface area contributed by atoms with E-state index in [4.69, 9.17) is 0 Å². The minimum absolute atomic E-state index is 0.0918. The Bertz CT molecular complexity index is 706. The number of piperidine rings is 1. The molecule has 24 heavy (non-hydrogen) atoms. The normalized spacial score (nSPS) is 15.6. The maximum atomic E-state index is 12.3. The van der Waals surface area contributed by atoms with Crippen LogP contribution in [0.5, 0.6) is 0 Å². The molecule has 0 aliphatic carbocycles. The zero-order valence-corrected chi connectivity index (χ0v) is 14.7. The van der Waals surface area contributed by atoms with Gasteiger partial charge in [0.25, 0.3) is 5.91 Å². The van der Waals surface area contributed by atoms with Gasteiger partial charge in [-0.15, -0.1) is 0 Å². The van der Waals surface area contributed by atoms with Crippen LogP contribution in [0.25, 0.3) is 0 Å². The van der Waals surface area contributed by atoms with Crippen LogP contribution >= 0.6 is 0 Å². The summed E-state index contributed by atoms with van der Waals surface area (Å²) >= 11 is 0. The first-order chi connectivity index (χ1) is 11.4. The predicted molar refractivity (Wildman–Crippen MR) is 92.2 cm³/mol. The van der Waals surface area contributed by atoms with Crippen molar-refractivity contribution in [3.8, 4) is 0 Å². The van der Waals surface area contributed by atoms with Gasteiger partial charge >= 0.3 is 0 Å². The Morgan fingerprint density at radius 1 is 1.17 bits per heavy atom. The fourth-order valence-electron chi connectivity index (χ4n) is 3.04. The summed E-state index contributed by atoms with van der Waals surface area (Å²) in [5.74, 6) is 1.68. The number of nitrogens with one attached hydrogen (secondary N) is 1. The van der Waals surface area contributed by atoms with Gasteiger partial charge in [-0.05, 0) is 39.7 Å². The molecule has 7 nitrogen and oxygen atoms in total. The second-order valence-electron chi connectivity index (χ2n) is 6.44. The van der Waals surface area contributed by atoms with Crippen LogP contribution in [-0.2, 0) is 7.05 Å². The lowest BCUT2D eigenvalue weighted by Crippen LogP contribution is -2.45. The summed E-state index contributed by atoms with van der Waals surface area (Å²) in [6, 6.07) is 4.01. The van der Waals surface area contributed by atoms with E-state index in [1.807, 2.05) is 40.0 Å². The molecule has 1 aliphatic heterocycles. The summed E-state index contributed by atoms with van der Waals surface area (Å²) in [5, 5.41) is 7.33. The van der Waals surface area contributed by atoms with Crippen molar-refractivity contribution in [3.63, 3.8) is 0 Å². The molecule has 2 aromatic rings. The Balaban J connectivity index is 1.58. The molecule has 0 aromatic carbocycles. The molecule has 7 heteroatoms. The molecule has 3 rings (SSSR count). The van der Waals surface area contributed by atoms with Crippen LogP contribution in [0.3, 0.4) is 0 Å². The lowest BCUT2D eigenvalue weighted by molar-refractivity contribution is 0.0925. The lowest BCUT2D eigenvalue weighted by atomic mass is 10.0. The van der Waals surface area contributed by atoms with Gasteiger partial charge in [0.2, 0.25) is 0 Å². The monoisotopic (exact) mass is 328 g/mol. The molecule has 128 valence electrons. The van der Waals surface area contributed by atoms with Crippen molar-refractivity contribution >= 4 is 11.7 Å². The SMILES string of the molecule is Cc1cc(N2CCC(NC(=O)c3cc(C)n(C)n3)CC2)nc(C)n1. The van der Waals surface area contributed by atoms with Crippen LogP contribution in [-0.4, -0.2) is 44.8 Å². The number of hydrogen-bond acceptors (Lipinski definition) is 5. The molecule has 1 aliphatic rings. The molecular weight excluding hydrogens is 304 g/mol. The van der Waals surface area contributed by atoms with Crippen LogP contribution in [0.15, 0.2) is 12.1 Å². The predicted octanol–water partition coefficient (Wildman–Crippen LogP) is 1.53. The van der Waals surface area contributed by atoms with Crippen molar-refractivity contribution < 1.29 is 4.79 Å². The Labute approximate surface area is 142 Å². The quantitative estimate of drug-likeness (QED) is 0.925. The lowest BCUT2D eigenvalue weighted by Gasteiger charge is -2.33. The molecule has 0 saturated carbocycles. The first-order valence-electron chi connectivity index (χ1n) is 8.31. The average molecular weight is 328 g/mol. The van der Waals surface area contributed by atoms with Gasteiger partial charge in [-0.3, -0.25) is 9.48 Å². The fourth-order valence-corrected chi connectivity index (χ4v) is 3.04. The number of carbonyl (C=O) groups is 1. The van der Waals surface area contributed by atoms with Crippen molar-refractivity contribution in [2.45, 2.75) is 39.7 Å². The third-order valence-corrected chi connectivity index (χ3v) is 4.45. The second kappa shape index (κ2) is 6.59. The number of amides is 1.